The number of ether oxygens (including phenoxy) is 1. The van der Waals surface area contributed by atoms with E-state index in [9.17, 15) is 0 Å². The van der Waals surface area contributed by atoms with Gasteiger partial charge in [-0.2, -0.15) is 0 Å². The molecule has 0 aromatic carbocycles. The first kappa shape index (κ1) is 17.2. The van der Waals surface area contributed by atoms with Gasteiger partial charge in [0.2, 0.25) is 0 Å². The standard InChI is InChI=1S/C14H30NO.ClH/c1-4-9-15(10-5-2,11-6-3)12-7-8-14-13-16-14;/h14H,4-13H2,1-3H3;1H/q+1;/p-1. The molecule has 0 N–H and O–H groups in total. The second kappa shape index (κ2) is 9.18. The third-order valence-electron chi connectivity index (χ3n) is 3.65. The summed E-state index contributed by atoms with van der Waals surface area (Å²) in [6.45, 7) is 13.5. The average Bonchev–Trinajstić information content (AvgIpc) is 3.03. The van der Waals surface area contributed by atoms with Gasteiger partial charge in [-0.15, -0.1) is 0 Å². The van der Waals surface area contributed by atoms with E-state index in [0.717, 1.165) is 6.61 Å². The summed E-state index contributed by atoms with van der Waals surface area (Å²) in [5.74, 6) is 0. The van der Waals surface area contributed by atoms with Crippen LogP contribution in [-0.2, 0) is 4.74 Å². The van der Waals surface area contributed by atoms with Crippen molar-refractivity contribution in [3.63, 3.8) is 0 Å². The summed E-state index contributed by atoms with van der Waals surface area (Å²) in [6, 6.07) is 0. The van der Waals surface area contributed by atoms with Gasteiger partial charge in [0.05, 0.1) is 38.9 Å². The Morgan fingerprint density at radius 1 is 0.941 bits per heavy atom. The molecule has 1 fully saturated rings. The lowest BCUT2D eigenvalue weighted by Gasteiger charge is -2.38. The van der Waals surface area contributed by atoms with E-state index in [2.05, 4.69) is 20.8 Å². The largest absolute Gasteiger partial charge is 1.00 e. The maximum Gasteiger partial charge on any atom is 0.0812 e. The van der Waals surface area contributed by atoms with E-state index in [1.54, 1.807) is 0 Å². The van der Waals surface area contributed by atoms with Gasteiger partial charge in [-0.1, -0.05) is 20.8 Å². The number of epoxide rings is 1. The van der Waals surface area contributed by atoms with Gasteiger partial charge in [-0.3, -0.25) is 0 Å². The van der Waals surface area contributed by atoms with Crippen LogP contribution in [0.25, 0.3) is 0 Å². The summed E-state index contributed by atoms with van der Waals surface area (Å²) in [6.07, 6.45) is 7.22. The second-order valence-electron chi connectivity index (χ2n) is 5.33. The third kappa shape index (κ3) is 6.64. The fraction of sp³-hybridized carbons (Fsp3) is 1.00. The minimum absolute atomic E-state index is 0. The third-order valence-corrected chi connectivity index (χ3v) is 3.65. The topological polar surface area (TPSA) is 12.5 Å². The van der Waals surface area contributed by atoms with Crippen molar-refractivity contribution in [2.45, 2.75) is 59.0 Å². The maximum absolute atomic E-state index is 5.30. The lowest BCUT2D eigenvalue weighted by molar-refractivity contribution is -0.928. The number of nitrogens with zero attached hydrogens (tertiary/aromatic N) is 1. The van der Waals surface area contributed by atoms with Crippen molar-refractivity contribution in [3.05, 3.63) is 0 Å². The molecule has 1 aliphatic heterocycles. The van der Waals surface area contributed by atoms with Crippen molar-refractivity contribution >= 4 is 0 Å². The van der Waals surface area contributed by atoms with Gasteiger partial charge in [0.15, 0.2) is 0 Å². The monoisotopic (exact) mass is 263 g/mol. The molecule has 0 radical (unpaired) electrons. The average molecular weight is 264 g/mol. The molecule has 1 atom stereocenters. The molecule has 1 saturated heterocycles. The molecule has 104 valence electrons. The zero-order valence-corrected chi connectivity index (χ0v) is 12.6. The molecule has 0 aromatic rings. The molecule has 17 heavy (non-hydrogen) atoms. The van der Waals surface area contributed by atoms with Crippen LogP contribution >= 0.6 is 0 Å². The van der Waals surface area contributed by atoms with Crippen LogP contribution in [0.15, 0.2) is 0 Å². The normalized spacial score (nSPS) is 18.9. The Labute approximate surface area is 114 Å². The van der Waals surface area contributed by atoms with E-state index in [4.69, 9.17) is 4.74 Å². The zero-order chi connectivity index (χ0) is 11.9. The lowest BCUT2D eigenvalue weighted by Crippen LogP contribution is -3.00. The number of halogens is 1. The van der Waals surface area contributed by atoms with Crippen LogP contribution in [0.5, 0.6) is 0 Å². The summed E-state index contributed by atoms with van der Waals surface area (Å²) in [5, 5.41) is 0. The molecule has 2 nitrogen and oxygen atoms in total. The van der Waals surface area contributed by atoms with Crippen molar-refractivity contribution in [3.8, 4) is 0 Å². The van der Waals surface area contributed by atoms with Gasteiger partial charge in [-0.05, 0) is 32.1 Å². The van der Waals surface area contributed by atoms with Gasteiger partial charge >= 0.3 is 0 Å². The van der Waals surface area contributed by atoms with Crippen LogP contribution in [-0.4, -0.2) is 43.4 Å². The highest BCUT2D eigenvalue weighted by Gasteiger charge is 2.27. The number of hydrogen-bond acceptors (Lipinski definition) is 1. The molecule has 1 rings (SSSR count). The molecular weight excluding hydrogens is 234 g/mol. The van der Waals surface area contributed by atoms with E-state index in [-0.39, 0.29) is 12.4 Å². The van der Waals surface area contributed by atoms with Gasteiger partial charge in [0.25, 0.3) is 0 Å². The molecule has 0 spiro atoms. The highest BCUT2D eigenvalue weighted by molar-refractivity contribution is 4.68. The second-order valence-corrected chi connectivity index (χ2v) is 5.33. The van der Waals surface area contributed by atoms with Crippen LogP contribution < -0.4 is 12.4 Å². The zero-order valence-electron chi connectivity index (χ0n) is 11.9. The Kier molecular flexibility index (Phi) is 9.29. The predicted molar refractivity (Wildman–Crippen MR) is 69.6 cm³/mol. The smallest absolute Gasteiger partial charge is 0.0812 e. The molecule has 1 heterocycles. The maximum atomic E-state index is 5.30. The summed E-state index contributed by atoms with van der Waals surface area (Å²) in [5.41, 5.74) is 0. The number of hydrogen-bond donors (Lipinski definition) is 0. The Bertz CT molecular complexity index is 166. The highest BCUT2D eigenvalue weighted by atomic mass is 35.5. The van der Waals surface area contributed by atoms with Gasteiger partial charge < -0.3 is 21.6 Å². The summed E-state index contributed by atoms with van der Waals surface area (Å²) in [7, 11) is 0. The first-order valence-corrected chi connectivity index (χ1v) is 7.23. The molecule has 0 amide bonds. The SMILES string of the molecule is CCC[N+](CCC)(CCC)CCCC1CO1.[Cl-]. The summed E-state index contributed by atoms with van der Waals surface area (Å²) in [4.78, 5) is 0. The minimum atomic E-state index is 0. The van der Waals surface area contributed by atoms with E-state index in [1.165, 1.54) is 62.8 Å². The minimum Gasteiger partial charge on any atom is -1.00 e. The van der Waals surface area contributed by atoms with Gasteiger partial charge in [0.1, 0.15) is 0 Å². The Morgan fingerprint density at radius 3 is 1.76 bits per heavy atom. The van der Waals surface area contributed by atoms with E-state index < -0.39 is 0 Å². The predicted octanol–water partition coefficient (Wildman–Crippen LogP) is 0.216. The van der Waals surface area contributed by atoms with Crippen LogP contribution in [0, 0.1) is 0 Å². The van der Waals surface area contributed by atoms with Crippen molar-refractivity contribution < 1.29 is 21.6 Å². The molecule has 3 heteroatoms. The Hall–Kier alpha value is 0.210. The van der Waals surface area contributed by atoms with Crippen molar-refractivity contribution in [2.24, 2.45) is 0 Å². The first-order chi connectivity index (χ1) is 7.76. The fourth-order valence-corrected chi connectivity index (χ4v) is 2.98. The lowest BCUT2D eigenvalue weighted by atomic mass is 10.1. The molecule has 0 aliphatic carbocycles. The molecule has 0 aromatic heterocycles. The Balaban J connectivity index is 0.00000256. The number of quaternary nitrogens is 1. The van der Waals surface area contributed by atoms with Crippen LogP contribution in [0.1, 0.15) is 52.9 Å². The van der Waals surface area contributed by atoms with Crippen molar-refractivity contribution in [1.29, 1.82) is 0 Å². The molecule has 1 aliphatic rings. The van der Waals surface area contributed by atoms with Crippen LogP contribution in [0.4, 0.5) is 0 Å². The van der Waals surface area contributed by atoms with E-state index >= 15 is 0 Å². The van der Waals surface area contributed by atoms with Crippen molar-refractivity contribution in [2.75, 3.05) is 32.8 Å². The van der Waals surface area contributed by atoms with Gasteiger partial charge in [-0.25, -0.2) is 0 Å². The Morgan fingerprint density at radius 2 is 1.41 bits per heavy atom. The number of rotatable bonds is 10. The van der Waals surface area contributed by atoms with Gasteiger partial charge in [0, 0.05) is 0 Å². The van der Waals surface area contributed by atoms with E-state index in [1.807, 2.05) is 0 Å². The highest BCUT2D eigenvalue weighted by Crippen LogP contribution is 2.19. The molecular formula is C14H30ClNO. The molecule has 0 saturated carbocycles. The van der Waals surface area contributed by atoms with Crippen LogP contribution in [0.2, 0.25) is 0 Å². The molecule has 1 unspecified atom stereocenters. The fourth-order valence-electron chi connectivity index (χ4n) is 2.98. The van der Waals surface area contributed by atoms with E-state index in [0.29, 0.717) is 6.10 Å². The quantitative estimate of drug-likeness (QED) is 0.406. The van der Waals surface area contributed by atoms with Crippen LogP contribution in [0.3, 0.4) is 0 Å². The molecule has 0 bridgehead atoms. The van der Waals surface area contributed by atoms with Crippen molar-refractivity contribution in [1.82, 2.24) is 0 Å². The summed E-state index contributed by atoms with van der Waals surface area (Å²) < 4.78 is 6.65. The first-order valence-electron chi connectivity index (χ1n) is 7.23. The summed E-state index contributed by atoms with van der Waals surface area (Å²) >= 11 is 0.